The Balaban J connectivity index is 2.40. The van der Waals surface area contributed by atoms with E-state index < -0.39 is 23.0 Å². The van der Waals surface area contributed by atoms with E-state index in [0.717, 1.165) is 10.8 Å². The summed E-state index contributed by atoms with van der Waals surface area (Å²) in [7, 11) is 0. The Morgan fingerprint density at radius 1 is 1.35 bits per heavy atom. The lowest BCUT2D eigenvalue weighted by atomic mass is 10.2. The summed E-state index contributed by atoms with van der Waals surface area (Å²) in [5, 5.41) is 0. The molecule has 1 aromatic carbocycles. The predicted octanol–water partition coefficient (Wildman–Crippen LogP) is 0.649. The van der Waals surface area contributed by atoms with Gasteiger partial charge < -0.3 is 4.74 Å². The number of carbonyl (C=O) groups is 1. The third kappa shape index (κ3) is 3.00. The van der Waals surface area contributed by atoms with Gasteiger partial charge in [0.05, 0.1) is 12.7 Å². The Bertz CT molecular complexity index is 763. The minimum atomic E-state index is -1.07. The first-order valence-corrected chi connectivity index (χ1v) is 5.73. The van der Waals surface area contributed by atoms with Gasteiger partial charge in [0.15, 0.2) is 0 Å². The van der Waals surface area contributed by atoms with Crippen LogP contribution in [-0.2, 0) is 11.3 Å². The van der Waals surface area contributed by atoms with Crippen molar-refractivity contribution in [3.8, 4) is 5.75 Å². The van der Waals surface area contributed by atoms with E-state index in [-0.39, 0.29) is 12.3 Å². The number of hydrogen-bond donors (Lipinski definition) is 1. The molecule has 2 aromatic rings. The lowest BCUT2D eigenvalue weighted by molar-refractivity contribution is -0.131. The molecular weight excluding hydrogens is 267 g/mol. The number of nitrogens with zero attached hydrogens (tertiary/aromatic N) is 1. The Morgan fingerprint density at radius 3 is 2.75 bits per heavy atom. The molecule has 0 spiro atoms. The van der Waals surface area contributed by atoms with Crippen LogP contribution in [0, 0.1) is 5.82 Å². The fourth-order valence-electron chi connectivity index (χ4n) is 1.67. The van der Waals surface area contributed by atoms with Crippen molar-refractivity contribution in [2.45, 2.75) is 13.5 Å². The van der Waals surface area contributed by atoms with Crippen LogP contribution in [0.2, 0.25) is 0 Å². The van der Waals surface area contributed by atoms with Crippen molar-refractivity contribution in [3.63, 3.8) is 0 Å². The summed E-state index contributed by atoms with van der Waals surface area (Å²) in [6, 6.07) is 6.55. The van der Waals surface area contributed by atoms with Gasteiger partial charge in [-0.2, -0.15) is 4.39 Å². The van der Waals surface area contributed by atoms with Crippen LogP contribution in [0.4, 0.5) is 4.39 Å². The SMILES string of the molecule is CC(=O)Oc1ccccc1Cn1cc(F)c(=O)[nH]c1=O. The topological polar surface area (TPSA) is 81.2 Å². The van der Waals surface area contributed by atoms with Crippen LogP contribution in [0.1, 0.15) is 12.5 Å². The number of esters is 1. The standard InChI is InChI=1S/C13H11FN2O4/c1-8(17)20-11-5-3-2-4-9(11)6-16-7-10(14)12(18)15-13(16)19/h2-5,7H,6H2,1H3,(H,15,18,19). The molecule has 0 fully saturated rings. The Labute approximate surface area is 112 Å². The Hall–Kier alpha value is -2.70. The van der Waals surface area contributed by atoms with Crippen molar-refractivity contribution in [2.24, 2.45) is 0 Å². The summed E-state index contributed by atoms with van der Waals surface area (Å²) in [5.41, 5.74) is -1.30. The molecule has 1 aromatic heterocycles. The van der Waals surface area contributed by atoms with Gasteiger partial charge in [0.2, 0.25) is 5.82 Å². The van der Waals surface area contributed by atoms with E-state index in [2.05, 4.69) is 0 Å². The highest BCUT2D eigenvalue weighted by Crippen LogP contribution is 2.18. The summed E-state index contributed by atoms with van der Waals surface area (Å²) in [6.07, 6.45) is 0.811. The second kappa shape index (κ2) is 5.52. The number of rotatable bonds is 3. The Kier molecular flexibility index (Phi) is 3.79. The molecule has 0 aliphatic rings. The third-order valence-corrected chi connectivity index (χ3v) is 2.53. The summed E-state index contributed by atoms with van der Waals surface area (Å²) in [4.78, 5) is 35.3. The molecule has 2 rings (SSSR count). The number of aromatic nitrogens is 2. The lowest BCUT2D eigenvalue weighted by Crippen LogP contribution is -2.31. The van der Waals surface area contributed by atoms with Gasteiger partial charge in [0.25, 0.3) is 5.56 Å². The van der Waals surface area contributed by atoms with Crippen LogP contribution < -0.4 is 16.0 Å². The maximum atomic E-state index is 13.2. The van der Waals surface area contributed by atoms with Crippen molar-refractivity contribution in [3.05, 3.63) is 62.7 Å². The molecule has 0 aliphatic carbocycles. The highest BCUT2D eigenvalue weighted by molar-refractivity contribution is 5.69. The van der Waals surface area contributed by atoms with Crippen molar-refractivity contribution in [1.82, 2.24) is 9.55 Å². The van der Waals surface area contributed by atoms with Crippen molar-refractivity contribution in [2.75, 3.05) is 0 Å². The normalized spacial score (nSPS) is 10.3. The number of hydrogen-bond acceptors (Lipinski definition) is 4. The largest absolute Gasteiger partial charge is 0.426 e. The van der Waals surface area contributed by atoms with Gasteiger partial charge in [-0.15, -0.1) is 0 Å². The number of benzene rings is 1. The number of ether oxygens (including phenoxy) is 1. The first-order valence-electron chi connectivity index (χ1n) is 5.73. The van der Waals surface area contributed by atoms with Gasteiger partial charge in [-0.05, 0) is 6.07 Å². The van der Waals surface area contributed by atoms with Crippen LogP contribution in [0.5, 0.6) is 5.75 Å². The molecule has 0 bridgehead atoms. The fourth-order valence-corrected chi connectivity index (χ4v) is 1.67. The molecule has 7 heteroatoms. The second-order valence-corrected chi connectivity index (χ2v) is 4.07. The van der Waals surface area contributed by atoms with Crippen LogP contribution in [0.15, 0.2) is 40.1 Å². The highest BCUT2D eigenvalue weighted by atomic mass is 19.1. The van der Waals surface area contributed by atoms with Gasteiger partial charge in [0, 0.05) is 12.5 Å². The molecule has 0 atom stereocenters. The number of nitrogens with one attached hydrogen (secondary N) is 1. The maximum absolute atomic E-state index is 13.2. The van der Waals surface area contributed by atoms with Crippen LogP contribution in [0.25, 0.3) is 0 Å². The molecule has 1 N–H and O–H groups in total. The minimum Gasteiger partial charge on any atom is -0.426 e. The molecule has 0 saturated carbocycles. The summed E-state index contributed by atoms with van der Waals surface area (Å²) in [6.45, 7) is 1.22. The van der Waals surface area contributed by atoms with E-state index in [9.17, 15) is 18.8 Å². The smallest absolute Gasteiger partial charge is 0.328 e. The lowest BCUT2D eigenvalue weighted by Gasteiger charge is -2.10. The zero-order valence-corrected chi connectivity index (χ0v) is 10.6. The number of carbonyl (C=O) groups excluding carboxylic acids is 1. The van der Waals surface area contributed by atoms with Crippen LogP contribution in [-0.4, -0.2) is 15.5 Å². The van der Waals surface area contributed by atoms with Gasteiger partial charge in [-0.25, -0.2) is 4.79 Å². The first kappa shape index (κ1) is 13.7. The molecule has 20 heavy (non-hydrogen) atoms. The number of para-hydroxylation sites is 1. The van der Waals surface area contributed by atoms with Crippen LogP contribution in [0.3, 0.4) is 0 Å². The predicted molar refractivity (Wildman–Crippen MR) is 68.1 cm³/mol. The molecule has 0 unspecified atom stereocenters. The molecule has 0 aliphatic heterocycles. The average Bonchev–Trinajstić information content (AvgIpc) is 2.37. The summed E-state index contributed by atoms with van der Waals surface area (Å²) in [5.74, 6) is -1.29. The Morgan fingerprint density at radius 2 is 2.05 bits per heavy atom. The number of H-pyrrole nitrogens is 1. The van der Waals surface area contributed by atoms with E-state index in [4.69, 9.17) is 4.74 Å². The van der Waals surface area contributed by atoms with Gasteiger partial charge in [-0.3, -0.25) is 19.1 Å². The highest BCUT2D eigenvalue weighted by Gasteiger charge is 2.09. The van der Waals surface area contributed by atoms with E-state index in [1.165, 1.54) is 6.92 Å². The van der Waals surface area contributed by atoms with E-state index in [0.29, 0.717) is 5.56 Å². The van der Waals surface area contributed by atoms with Crippen molar-refractivity contribution < 1.29 is 13.9 Å². The van der Waals surface area contributed by atoms with E-state index in [1.54, 1.807) is 24.3 Å². The zero-order chi connectivity index (χ0) is 14.7. The quantitative estimate of drug-likeness (QED) is 0.660. The van der Waals surface area contributed by atoms with Gasteiger partial charge in [0.1, 0.15) is 5.75 Å². The van der Waals surface area contributed by atoms with E-state index in [1.807, 2.05) is 4.98 Å². The molecule has 104 valence electrons. The summed E-state index contributed by atoms with van der Waals surface area (Å²) >= 11 is 0. The fraction of sp³-hybridized carbons (Fsp3) is 0.154. The zero-order valence-electron chi connectivity index (χ0n) is 10.6. The molecule has 1 heterocycles. The van der Waals surface area contributed by atoms with Crippen LogP contribution >= 0.6 is 0 Å². The first-order chi connectivity index (χ1) is 9.47. The number of halogens is 1. The molecule has 6 nitrogen and oxygen atoms in total. The van der Waals surface area contributed by atoms with E-state index >= 15 is 0 Å². The van der Waals surface area contributed by atoms with Crippen molar-refractivity contribution >= 4 is 5.97 Å². The third-order valence-electron chi connectivity index (χ3n) is 2.53. The molecular formula is C13H11FN2O4. The average molecular weight is 278 g/mol. The molecule has 0 saturated heterocycles. The monoisotopic (exact) mass is 278 g/mol. The van der Waals surface area contributed by atoms with Gasteiger partial charge in [-0.1, -0.05) is 18.2 Å². The number of aromatic amines is 1. The summed E-state index contributed by atoms with van der Waals surface area (Å²) < 4.78 is 19.2. The second-order valence-electron chi connectivity index (χ2n) is 4.07. The molecule has 0 amide bonds. The van der Waals surface area contributed by atoms with Gasteiger partial charge >= 0.3 is 11.7 Å². The minimum absolute atomic E-state index is 0.0318. The molecule has 0 radical (unpaired) electrons. The van der Waals surface area contributed by atoms with Crippen molar-refractivity contribution in [1.29, 1.82) is 0 Å². The maximum Gasteiger partial charge on any atom is 0.328 e.